The number of unbranched alkanes of at least 4 members (excludes halogenated alkanes) is 38. The van der Waals surface area contributed by atoms with Crippen molar-refractivity contribution in [3.05, 3.63) is 72.9 Å². The Labute approximate surface area is 478 Å². The van der Waals surface area contributed by atoms with E-state index >= 15 is 0 Å². The molecule has 0 radical (unpaired) electrons. The van der Waals surface area contributed by atoms with E-state index in [9.17, 15) is 14.4 Å². The van der Waals surface area contributed by atoms with Crippen molar-refractivity contribution in [2.45, 2.75) is 348 Å². The largest absolute Gasteiger partial charge is 0.462 e. The van der Waals surface area contributed by atoms with Gasteiger partial charge in [-0.2, -0.15) is 0 Å². The van der Waals surface area contributed by atoms with Crippen molar-refractivity contribution >= 4 is 17.9 Å². The van der Waals surface area contributed by atoms with Crippen LogP contribution in [-0.4, -0.2) is 37.2 Å². The molecule has 6 heteroatoms. The monoisotopic (exact) mass is 1070 g/mol. The van der Waals surface area contributed by atoms with Crippen LogP contribution in [0.5, 0.6) is 0 Å². The molecule has 1 atom stereocenters. The van der Waals surface area contributed by atoms with E-state index in [2.05, 4.69) is 93.7 Å². The van der Waals surface area contributed by atoms with Crippen LogP contribution in [0.25, 0.3) is 0 Å². The highest BCUT2D eigenvalue weighted by Gasteiger charge is 2.19. The van der Waals surface area contributed by atoms with Gasteiger partial charge in [-0.05, 0) is 89.9 Å². The Kier molecular flexibility index (Phi) is 62.7. The van der Waals surface area contributed by atoms with Crippen LogP contribution in [0.2, 0.25) is 0 Å². The number of allylic oxidation sites excluding steroid dienone is 12. The molecule has 0 aliphatic carbocycles. The van der Waals surface area contributed by atoms with E-state index in [1.54, 1.807) is 0 Å². The van der Waals surface area contributed by atoms with Gasteiger partial charge >= 0.3 is 17.9 Å². The lowest BCUT2D eigenvalue weighted by atomic mass is 10.0. The fourth-order valence-electron chi connectivity index (χ4n) is 9.70. The summed E-state index contributed by atoms with van der Waals surface area (Å²) in [5, 5.41) is 0. The zero-order valence-corrected chi connectivity index (χ0v) is 51.2. The Bertz CT molecular complexity index is 1420. The number of ether oxygens (including phenoxy) is 3. The molecule has 0 saturated heterocycles. The minimum atomic E-state index is -0.780. The van der Waals surface area contributed by atoms with Crippen LogP contribution in [0, 0.1) is 0 Å². The van der Waals surface area contributed by atoms with Crippen LogP contribution < -0.4 is 0 Å². The Morgan fingerprint density at radius 2 is 0.506 bits per heavy atom. The lowest BCUT2D eigenvalue weighted by molar-refractivity contribution is -0.167. The van der Waals surface area contributed by atoms with Gasteiger partial charge in [-0.25, -0.2) is 0 Å². The maximum absolute atomic E-state index is 12.9. The fourth-order valence-corrected chi connectivity index (χ4v) is 9.70. The van der Waals surface area contributed by atoms with Crippen LogP contribution in [-0.2, 0) is 28.6 Å². The van der Waals surface area contributed by atoms with Crippen LogP contribution in [0.1, 0.15) is 342 Å². The number of esters is 3. The molecule has 0 aromatic heterocycles. The van der Waals surface area contributed by atoms with Gasteiger partial charge < -0.3 is 14.2 Å². The number of hydrogen-bond acceptors (Lipinski definition) is 6. The highest BCUT2D eigenvalue weighted by molar-refractivity contribution is 5.71. The molecular formula is C71H126O6. The second kappa shape index (κ2) is 65.4. The second-order valence-electron chi connectivity index (χ2n) is 22.4. The molecule has 77 heavy (non-hydrogen) atoms. The van der Waals surface area contributed by atoms with Crippen molar-refractivity contribution in [3.8, 4) is 0 Å². The van der Waals surface area contributed by atoms with E-state index in [4.69, 9.17) is 14.2 Å². The zero-order chi connectivity index (χ0) is 55.7. The lowest BCUT2D eigenvalue weighted by Gasteiger charge is -2.18. The van der Waals surface area contributed by atoms with Crippen LogP contribution in [0.15, 0.2) is 72.9 Å². The first-order chi connectivity index (χ1) is 38.0. The quantitative estimate of drug-likeness (QED) is 0.0261. The van der Waals surface area contributed by atoms with Gasteiger partial charge in [-0.15, -0.1) is 0 Å². The van der Waals surface area contributed by atoms with Gasteiger partial charge in [0.25, 0.3) is 0 Å². The average Bonchev–Trinajstić information content (AvgIpc) is 3.43. The summed E-state index contributed by atoms with van der Waals surface area (Å²) in [6, 6.07) is 0. The van der Waals surface area contributed by atoms with Gasteiger partial charge in [-0.3, -0.25) is 14.4 Å². The molecule has 1 unspecified atom stereocenters. The maximum Gasteiger partial charge on any atom is 0.306 e. The molecule has 0 saturated carbocycles. The van der Waals surface area contributed by atoms with Gasteiger partial charge in [0.1, 0.15) is 13.2 Å². The third kappa shape index (κ3) is 63.6. The van der Waals surface area contributed by atoms with Gasteiger partial charge in [0, 0.05) is 19.3 Å². The second-order valence-corrected chi connectivity index (χ2v) is 22.4. The van der Waals surface area contributed by atoms with E-state index < -0.39 is 6.10 Å². The van der Waals surface area contributed by atoms with E-state index in [0.29, 0.717) is 19.3 Å². The van der Waals surface area contributed by atoms with Gasteiger partial charge in [-0.1, -0.05) is 306 Å². The summed E-state index contributed by atoms with van der Waals surface area (Å²) >= 11 is 0. The van der Waals surface area contributed by atoms with Crippen LogP contribution in [0.4, 0.5) is 0 Å². The van der Waals surface area contributed by atoms with Crippen molar-refractivity contribution < 1.29 is 28.6 Å². The Morgan fingerprint density at radius 3 is 0.805 bits per heavy atom. The fraction of sp³-hybridized carbons (Fsp3) is 0.789. The van der Waals surface area contributed by atoms with Gasteiger partial charge in [0.05, 0.1) is 0 Å². The predicted octanol–water partition coefficient (Wildman–Crippen LogP) is 22.9. The molecule has 0 fully saturated rings. The van der Waals surface area contributed by atoms with Crippen molar-refractivity contribution in [3.63, 3.8) is 0 Å². The standard InChI is InChI=1S/C71H126O6/c1-4-7-10-13-16-19-22-24-26-28-30-32-34-35-37-38-40-42-44-46-49-52-55-58-61-64-70(73)76-67-68(66-75-69(72)63-60-57-54-51-48-21-18-15-12-9-6-3)77-71(74)65-62-59-56-53-50-47-45-43-41-39-36-33-31-29-27-25-23-20-17-14-11-8-5-2/h8,11,17,20,25,27-28,30-31,33,39,41,68H,4-7,9-10,12-16,18-19,21-24,26,29,32,34-38,40,42-67H2,1-3H3/b11-8-,20-17-,27-25-,30-28-,33-31-,41-39-. The first-order valence-corrected chi connectivity index (χ1v) is 33.4. The average molecular weight is 1080 g/mol. The van der Waals surface area contributed by atoms with Crippen LogP contribution >= 0.6 is 0 Å². The lowest BCUT2D eigenvalue weighted by Crippen LogP contribution is -2.30. The first kappa shape index (κ1) is 73.8. The minimum Gasteiger partial charge on any atom is -0.462 e. The highest BCUT2D eigenvalue weighted by Crippen LogP contribution is 2.17. The number of rotatable bonds is 61. The maximum atomic E-state index is 12.9. The summed E-state index contributed by atoms with van der Waals surface area (Å²) in [7, 11) is 0. The molecule has 446 valence electrons. The third-order valence-electron chi connectivity index (χ3n) is 14.7. The molecule has 0 amide bonds. The molecule has 0 aliphatic rings. The Balaban J connectivity index is 4.26. The molecule has 0 bridgehead atoms. The topological polar surface area (TPSA) is 78.9 Å². The summed E-state index contributed by atoms with van der Waals surface area (Å²) in [4.78, 5) is 38.3. The first-order valence-electron chi connectivity index (χ1n) is 33.4. The molecule has 0 aromatic rings. The molecule has 6 nitrogen and oxygen atoms in total. The number of hydrogen-bond donors (Lipinski definition) is 0. The molecule has 0 N–H and O–H groups in total. The van der Waals surface area contributed by atoms with E-state index in [0.717, 1.165) is 96.3 Å². The Morgan fingerprint density at radius 1 is 0.273 bits per heavy atom. The van der Waals surface area contributed by atoms with Gasteiger partial charge in [0.15, 0.2) is 6.10 Å². The summed E-state index contributed by atoms with van der Waals surface area (Å²) in [5.41, 5.74) is 0. The highest BCUT2D eigenvalue weighted by atomic mass is 16.6. The van der Waals surface area contributed by atoms with Crippen molar-refractivity contribution in [2.75, 3.05) is 13.2 Å². The predicted molar refractivity (Wildman–Crippen MR) is 335 cm³/mol. The molecule has 0 spiro atoms. The third-order valence-corrected chi connectivity index (χ3v) is 14.7. The normalized spacial score (nSPS) is 12.5. The van der Waals surface area contributed by atoms with Crippen molar-refractivity contribution in [1.29, 1.82) is 0 Å². The smallest absolute Gasteiger partial charge is 0.306 e. The van der Waals surface area contributed by atoms with Crippen LogP contribution in [0.3, 0.4) is 0 Å². The minimum absolute atomic E-state index is 0.0766. The summed E-state index contributed by atoms with van der Waals surface area (Å²) in [6.07, 6.45) is 84.9. The number of carbonyl (C=O) groups excluding carboxylic acids is 3. The van der Waals surface area contributed by atoms with Crippen molar-refractivity contribution in [1.82, 2.24) is 0 Å². The summed E-state index contributed by atoms with van der Waals surface area (Å²) in [5.74, 6) is -0.871. The van der Waals surface area contributed by atoms with Crippen molar-refractivity contribution in [2.24, 2.45) is 0 Å². The summed E-state index contributed by atoms with van der Waals surface area (Å²) < 4.78 is 16.9. The summed E-state index contributed by atoms with van der Waals surface area (Å²) in [6.45, 7) is 6.55. The molecule has 0 aliphatic heterocycles. The van der Waals surface area contributed by atoms with Gasteiger partial charge in [0.2, 0.25) is 0 Å². The Hall–Kier alpha value is -3.15. The van der Waals surface area contributed by atoms with E-state index in [1.807, 2.05) is 0 Å². The molecular weight excluding hydrogens is 949 g/mol. The van der Waals surface area contributed by atoms with E-state index in [1.165, 1.54) is 205 Å². The molecule has 0 heterocycles. The molecule has 0 aromatic carbocycles. The van der Waals surface area contributed by atoms with E-state index in [-0.39, 0.29) is 31.1 Å². The zero-order valence-electron chi connectivity index (χ0n) is 51.2. The SMILES string of the molecule is CC/C=C\C/C=C\C/C=C\C/C=C\C/C=C\CCCCCCCCCC(=O)OC(COC(=O)CCCCCCCCCCCCC)COC(=O)CCCCCCCCCCCCCCC/C=C\CCCCCCCCCC. The number of carbonyl (C=O) groups is 3. The molecule has 0 rings (SSSR count).